The summed E-state index contributed by atoms with van der Waals surface area (Å²) in [5.74, 6) is -0.830. The third-order valence-corrected chi connectivity index (χ3v) is 7.88. The lowest BCUT2D eigenvalue weighted by atomic mass is 10.0. The third-order valence-electron chi connectivity index (χ3n) is 6.87. The highest BCUT2D eigenvalue weighted by Crippen LogP contribution is 2.26. The number of nitrogens with two attached hydrogens (primary N) is 1. The van der Waals surface area contributed by atoms with Crippen molar-refractivity contribution in [2.24, 2.45) is 5.73 Å². The summed E-state index contributed by atoms with van der Waals surface area (Å²) in [7, 11) is 0. The Morgan fingerprint density at radius 2 is 1.41 bits per heavy atom. The van der Waals surface area contributed by atoms with Crippen LogP contribution >= 0.6 is 23.6 Å². The Hall–Kier alpha value is -5.17. The minimum Gasteiger partial charge on any atom is -0.489 e. The van der Waals surface area contributed by atoms with Gasteiger partial charge in [0.2, 0.25) is 11.0 Å². The lowest BCUT2D eigenvalue weighted by Crippen LogP contribution is -2.52. The number of anilines is 1. The highest BCUT2D eigenvalue weighted by molar-refractivity contribution is 7.73. The number of hydrogen-bond donors (Lipinski definition) is 3. The van der Waals surface area contributed by atoms with Crippen LogP contribution in [-0.4, -0.2) is 39.0 Å². The number of benzene rings is 4. The lowest BCUT2D eigenvalue weighted by Gasteiger charge is -2.30. The standard InChI is InChI=1S/C34H31N5O5S2/c35-28(20-23-16-18-27(19-17-23)43-21-24-10-4-1-5-11-24)31(41)39(34(42)44-22-25-12-6-2-7-13-25)29(26-14-8-3-9-15-26)30(40)36-32-37-38-33(45)46-32/h1-19,28-29H,20-22,35H2,(H,38,45)(H,36,37,40)/t28-,29?/m0/s1. The van der Waals surface area contributed by atoms with Gasteiger partial charge >= 0.3 is 6.09 Å². The van der Waals surface area contributed by atoms with Crippen molar-refractivity contribution in [1.29, 1.82) is 0 Å². The predicted octanol–water partition coefficient (Wildman–Crippen LogP) is 6.19. The van der Waals surface area contributed by atoms with Gasteiger partial charge in [-0.15, -0.1) is 5.10 Å². The van der Waals surface area contributed by atoms with Crippen LogP contribution in [0.15, 0.2) is 115 Å². The van der Waals surface area contributed by atoms with E-state index < -0.39 is 30.0 Å². The Morgan fingerprint density at radius 1 is 0.826 bits per heavy atom. The summed E-state index contributed by atoms with van der Waals surface area (Å²) in [6, 6.07) is 31.8. The number of nitrogens with zero attached hydrogens (tertiary/aromatic N) is 2. The van der Waals surface area contributed by atoms with Crippen LogP contribution in [0.2, 0.25) is 0 Å². The molecule has 1 aromatic heterocycles. The number of aromatic amines is 1. The summed E-state index contributed by atoms with van der Waals surface area (Å²) in [6.45, 7) is 0.293. The zero-order chi connectivity index (χ0) is 32.3. The van der Waals surface area contributed by atoms with Crippen molar-refractivity contribution < 1.29 is 23.9 Å². The molecule has 0 aliphatic heterocycles. The van der Waals surface area contributed by atoms with Gasteiger partial charge in [-0.1, -0.05) is 114 Å². The number of H-pyrrole nitrogens is 1. The zero-order valence-corrected chi connectivity index (χ0v) is 26.2. The molecule has 5 aromatic rings. The van der Waals surface area contributed by atoms with Crippen molar-refractivity contribution in [1.82, 2.24) is 15.1 Å². The first-order chi connectivity index (χ1) is 22.4. The number of ether oxygens (including phenoxy) is 2. The second-order valence-corrected chi connectivity index (χ2v) is 11.9. The average Bonchev–Trinajstić information content (AvgIpc) is 3.50. The Kier molecular flexibility index (Phi) is 11.0. The van der Waals surface area contributed by atoms with Crippen molar-refractivity contribution in [3.8, 4) is 5.75 Å². The Labute approximate surface area is 274 Å². The first kappa shape index (κ1) is 32.2. The highest BCUT2D eigenvalue weighted by atomic mass is 32.1. The molecule has 1 unspecified atom stereocenters. The van der Waals surface area contributed by atoms with E-state index >= 15 is 0 Å². The molecule has 2 atom stereocenters. The molecule has 4 N–H and O–H groups in total. The fourth-order valence-corrected chi connectivity index (χ4v) is 5.40. The molecular weight excluding hydrogens is 623 g/mol. The number of aromatic nitrogens is 2. The minimum absolute atomic E-state index is 0.0874. The van der Waals surface area contributed by atoms with E-state index in [1.807, 2.05) is 36.4 Å². The average molecular weight is 654 g/mol. The normalized spacial score (nSPS) is 12.0. The monoisotopic (exact) mass is 653 g/mol. The Balaban J connectivity index is 1.38. The van der Waals surface area contributed by atoms with Crippen LogP contribution in [0, 0.1) is 3.95 Å². The predicted molar refractivity (Wildman–Crippen MR) is 177 cm³/mol. The summed E-state index contributed by atoms with van der Waals surface area (Å²) < 4.78 is 11.8. The van der Waals surface area contributed by atoms with Gasteiger partial charge in [0.1, 0.15) is 25.0 Å². The first-order valence-electron chi connectivity index (χ1n) is 14.3. The molecule has 0 spiro atoms. The van der Waals surface area contributed by atoms with Crippen LogP contribution in [0.5, 0.6) is 5.75 Å². The maximum Gasteiger partial charge on any atom is 0.417 e. The number of amides is 3. The molecule has 5 rings (SSSR count). The van der Waals surface area contributed by atoms with E-state index in [0.717, 1.165) is 27.4 Å². The van der Waals surface area contributed by atoms with E-state index in [9.17, 15) is 14.4 Å². The van der Waals surface area contributed by atoms with E-state index in [-0.39, 0.29) is 18.2 Å². The van der Waals surface area contributed by atoms with Gasteiger partial charge in [0.05, 0.1) is 6.04 Å². The number of imide groups is 1. The van der Waals surface area contributed by atoms with Gasteiger partial charge in [0, 0.05) is 0 Å². The van der Waals surface area contributed by atoms with Crippen LogP contribution in [0.4, 0.5) is 9.93 Å². The third kappa shape index (κ3) is 8.72. The first-order valence-corrected chi connectivity index (χ1v) is 15.6. The van der Waals surface area contributed by atoms with E-state index in [1.54, 1.807) is 78.9 Å². The van der Waals surface area contributed by atoms with Crippen LogP contribution in [0.1, 0.15) is 28.3 Å². The van der Waals surface area contributed by atoms with E-state index in [0.29, 0.717) is 27.4 Å². The maximum atomic E-state index is 14.1. The van der Waals surface area contributed by atoms with Gasteiger partial charge in [-0.2, -0.15) is 0 Å². The van der Waals surface area contributed by atoms with Gasteiger partial charge in [-0.05, 0) is 53.0 Å². The molecule has 234 valence electrons. The number of nitrogens with one attached hydrogen (secondary N) is 2. The second-order valence-electron chi connectivity index (χ2n) is 10.2. The summed E-state index contributed by atoms with van der Waals surface area (Å²) in [6.07, 6.45) is -0.933. The molecule has 3 amide bonds. The number of rotatable bonds is 12. The van der Waals surface area contributed by atoms with Gasteiger partial charge in [0.25, 0.3) is 5.91 Å². The molecule has 46 heavy (non-hydrogen) atoms. The maximum absolute atomic E-state index is 14.1. The molecule has 0 aliphatic carbocycles. The molecule has 0 radical (unpaired) electrons. The molecule has 0 fully saturated rings. The van der Waals surface area contributed by atoms with Crippen LogP contribution in [0.25, 0.3) is 0 Å². The molecular formula is C34H31N5O5S2. The van der Waals surface area contributed by atoms with E-state index in [1.165, 1.54) is 0 Å². The number of hydrogen-bond acceptors (Lipinski definition) is 9. The van der Waals surface area contributed by atoms with Gasteiger partial charge in [-0.3, -0.25) is 20.0 Å². The molecule has 1 heterocycles. The van der Waals surface area contributed by atoms with Crippen LogP contribution < -0.4 is 15.8 Å². The van der Waals surface area contributed by atoms with Crippen LogP contribution in [0.3, 0.4) is 0 Å². The second kappa shape index (κ2) is 15.7. The molecule has 0 saturated carbocycles. The number of carbonyl (C=O) groups excluding carboxylic acids is 3. The van der Waals surface area contributed by atoms with Gasteiger partial charge in [0.15, 0.2) is 3.95 Å². The fraction of sp³-hybridized carbons (Fsp3) is 0.147. The molecule has 12 heteroatoms. The highest BCUT2D eigenvalue weighted by Gasteiger charge is 2.40. The van der Waals surface area contributed by atoms with Crippen LogP contribution in [-0.2, 0) is 34.0 Å². The van der Waals surface area contributed by atoms with E-state index in [2.05, 4.69) is 15.5 Å². The topological polar surface area (TPSA) is 140 Å². The summed E-state index contributed by atoms with van der Waals surface area (Å²) in [5, 5.41) is 9.43. The van der Waals surface area contributed by atoms with Gasteiger partial charge in [-0.25, -0.2) is 9.69 Å². The van der Waals surface area contributed by atoms with Crippen molar-refractivity contribution >= 4 is 46.6 Å². The summed E-state index contributed by atoms with van der Waals surface area (Å²) >= 11 is 6.13. The van der Waals surface area contributed by atoms with Crippen molar-refractivity contribution in [2.45, 2.75) is 31.7 Å². The smallest absolute Gasteiger partial charge is 0.417 e. The summed E-state index contributed by atoms with van der Waals surface area (Å²) in [4.78, 5) is 42.3. The van der Waals surface area contributed by atoms with Crippen molar-refractivity contribution in [3.63, 3.8) is 0 Å². The van der Waals surface area contributed by atoms with Gasteiger partial charge < -0.3 is 15.2 Å². The molecule has 0 aliphatic rings. The molecule has 4 aromatic carbocycles. The minimum atomic E-state index is -1.42. The largest absolute Gasteiger partial charge is 0.489 e. The Morgan fingerprint density at radius 3 is 2.00 bits per heavy atom. The molecule has 10 nitrogen and oxygen atoms in total. The Bertz CT molecular complexity index is 1800. The fourth-order valence-electron chi connectivity index (χ4n) is 4.60. The van der Waals surface area contributed by atoms with Crippen molar-refractivity contribution in [2.75, 3.05) is 5.32 Å². The molecule has 0 saturated heterocycles. The number of carbonyl (C=O) groups is 3. The summed E-state index contributed by atoms with van der Waals surface area (Å²) in [5.41, 5.74) is 9.30. The lowest BCUT2D eigenvalue weighted by molar-refractivity contribution is -0.138. The molecule has 0 bridgehead atoms. The quantitative estimate of drug-likeness (QED) is 0.135. The van der Waals surface area contributed by atoms with E-state index in [4.69, 9.17) is 27.4 Å². The van der Waals surface area contributed by atoms with Crippen molar-refractivity contribution in [3.05, 3.63) is 141 Å². The SMILES string of the molecule is N[C@@H](Cc1ccc(OCc2ccccc2)cc1)C(=O)N(C(=O)OCc1ccccc1)C(C(=O)Nc1n[nH]c(=S)s1)c1ccccc1. The zero-order valence-electron chi connectivity index (χ0n) is 24.6.